The lowest BCUT2D eigenvalue weighted by molar-refractivity contribution is -0.118. The number of nitrogens with one attached hydrogen (secondary N) is 3. The Bertz CT molecular complexity index is 935. The van der Waals surface area contributed by atoms with Gasteiger partial charge in [0.15, 0.2) is 0 Å². The lowest BCUT2D eigenvalue weighted by Crippen LogP contribution is -2.47. The first kappa shape index (κ1) is 21.4. The molecule has 0 spiro atoms. The second-order valence-electron chi connectivity index (χ2n) is 8.30. The van der Waals surface area contributed by atoms with Crippen molar-refractivity contribution >= 4 is 29.3 Å². The van der Waals surface area contributed by atoms with Crippen molar-refractivity contribution < 1.29 is 19.1 Å². The maximum atomic E-state index is 13.0. The summed E-state index contributed by atoms with van der Waals surface area (Å²) in [5.41, 5.74) is 2.59. The molecule has 1 unspecified atom stereocenters. The Balaban J connectivity index is 1.74. The van der Waals surface area contributed by atoms with Crippen molar-refractivity contribution in [1.29, 1.82) is 0 Å². The lowest BCUT2D eigenvalue weighted by Gasteiger charge is -2.24. The van der Waals surface area contributed by atoms with Crippen molar-refractivity contribution in [2.45, 2.75) is 51.7 Å². The molecular formula is C23H27N3O4. The average molecular weight is 409 g/mol. The zero-order valence-electron chi connectivity index (χ0n) is 17.5. The number of hydrogen-bond donors (Lipinski definition) is 3. The van der Waals surface area contributed by atoms with E-state index in [4.69, 9.17) is 4.74 Å². The third-order valence-corrected chi connectivity index (χ3v) is 4.56. The van der Waals surface area contributed by atoms with Crippen LogP contribution in [0.25, 0.3) is 0 Å². The van der Waals surface area contributed by atoms with Gasteiger partial charge in [0.1, 0.15) is 11.6 Å². The molecule has 0 bridgehead atoms. The van der Waals surface area contributed by atoms with E-state index < -0.39 is 17.7 Å². The molecule has 3 amide bonds. The molecular weight excluding hydrogens is 382 g/mol. The number of aryl methyl sites for hydroxylation is 1. The van der Waals surface area contributed by atoms with Crippen LogP contribution in [-0.2, 0) is 27.2 Å². The van der Waals surface area contributed by atoms with E-state index in [1.165, 1.54) is 0 Å². The van der Waals surface area contributed by atoms with E-state index in [1.807, 2.05) is 36.4 Å². The fourth-order valence-electron chi connectivity index (χ4n) is 3.20. The number of carbonyl (C=O) groups excluding carboxylic acids is 3. The summed E-state index contributed by atoms with van der Waals surface area (Å²) in [4.78, 5) is 36.8. The van der Waals surface area contributed by atoms with Gasteiger partial charge in [-0.15, -0.1) is 0 Å². The predicted octanol–water partition coefficient (Wildman–Crippen LogP) is 3.65. The summed E-state index contributed by atoms with van der Waals surface area (Å²) in [6.07, 6.45) is 0.717. The quantitative estimate of drug-likeness (QED) is 0.702. The van der Waals surface area contributed by atoms with Crippen LogP contribution in [0.4, 0.5) is 16.2 Å². The Hall–Kier alpha value is -3.35. The SMILES string of the molecule is CC(C)(C)OC(=O)NC(Cc1ccccc1)C(=O)Nc1ccc2c(c1)CCC(=O)N2. The van der Waals surface area contributed by atoms with Crippen LogP contribution in [0.5, 0.6) is 0 Å². The second-order valence-corrected chi connectivity index (χ2v) is 8.30. The Morgan fingerprint density at radius 1 is 1.10 bits per heavy atom. The standard InChI is InChI=1S/C23H27N3O4/c1-23(2,3)30-22(29)26-19(13-15-7-5-4-6-8-15)21(28)24-17-10-11-18-16(14-17)9-12-20(27)25-18/h4-8,10-11,14,19H,9,12-13H2,1-3H3,(H,24,28)(H,25,27)(H,26,29). The monoisotopic (exact) mass is 409 g/mol. The van der Waals surface area contributed by atoms with Crippen LogP contribution in [0.1, 0.15) is 38.3 Å². The van der Waals surface area contributed by atoms with Crippen LogP contribution in [0, 0.1) is 0 Å². The highest BCUT2D eigenvalue weighted by Gasteiger charge is 2.25. The lowest BCUT2D eigenvalue weighted by atomic mass is 10.0. The van der Waals surface area contributed by atoms with Crippen LogP contribution in [-0.4, -0.2) is 29.6 Å². The van der Waals surface area contributed by atoms with Crippen LogP contribution < -0.4 is 16.0 Å². The molecule has 7 nitrogen and oxygen atoms in total. The minimum Gasteiger partial charge on any atom is -0.444 e. The minimum atomic E-state index is -0.807. The van der Waals surface area contributed by atoms with Gasteiger partial charge in [-0.3, -0.25) is 9.59 Å². The van der Waals surface area contributed by atoms with Gasteiger partial charge in [0, 0.05) is 24.2 Å². The number of carbonyl (C=O) groups is 3. The van der Waals surface area contributed by atoms with Crippen molar-refractivity contribution in [3.63, 3.8) is 0 Å². The number of fused-ring (bicyclic) bond motifs is 1. The summed E-state index contributed by atoms with van der Waals surface area (Å²) in [5, 5.41) is 8.37. The van der Waals surface area contributed by atoms with E-state index in [1.54, 1.807) is 32.9 Å². The highest BCUT2D eigenvalue weighted by Crippen LogP contribution is 2.25. The Kier molecular flexibility index (Phi) is 6.40. The van der Waals surface area contributed by atoms with Crippen molar-refractivity contribution in [3.05, 3.63) is 59.7 Å². The third-order valence-electron chi connectivity index (χ3n) is 4.56. The van der Waals surface area contributed by atoms with E-state index >= 15 is 0 Å². The summed E-state index contributed by atoms with van der Waals surface area (Å²) in [7, 11) is 0. The van der Waals surface area contributed by atoms with Crippen LogP contribution in [0.2, 0.25) is 0 Å². The van der Waals surface area contributed by atoms with Gasteiger partial charge in [-0.05, 0) is 56.5 Å². The molecule has 0 saturated heterocycles. The van der Waals surface area contributed by atoms with E-state index in [9.17, 15) is 14.4 Å². The molecule has 0 saturated carbocycles. The zero-order chi connectivity index (χ0) is 21.7. The van der Waals surface area contributed by atoms with E-state index in [-0.39, 0.29) is 11.8 Å². The molecule has 3 N–H and O–H groups in total. The maximum absolute atomic E-state index is 13.0. The smallest absolute Gasteiger partial charge is 0.408 e. The van der Waals surface area contributed by atoms with E-state index in [0.717, 1.165) is 16.8 Å². The minimum absolute atomic E-state index is 0.0104. The first-order chi connectivity index (χ1) is 14.2. The first-order valence-corrected chi connectivity index (χ1v) is 9.97. The van der Waals surface area contributed by atoms with Crippen LogP contribution in [0.3, 0.4) is 0 Å². The number of hydrogen-bond acceptors (Lipinski definition) is 4. The summed E-state index contributed by atoms with van der Waals surface area (Å²) in [6, 6.07) is 14.0. The van der Waals surface area contributed by atoms with Gasteiger partial charge in [-0.25, -0.2) is 4.79 Å². The summed E-state index contributed by atoms with van der Waals surface area (Å²) in [6.45, 7) is 5.31. The van der Waals surface area contributed by atoms with Gasteiger partial charge in [-0.1, -0.05) is 30.3 Å². The maximum Gasteiger partial charge on any atom is 0.408 e. The van der Waals surface area contributed by atoms with Gasteiger partial charge in [0.05, 0.1) is 0 Å². The summed E-state index contributed by atoms with van der Waals surface area (Å²) >= 11 is 0. The molecule has 1 heterocycles. The second kappa shape index (κ2) is 8.98. The van der Waals surface area contributed by atoms with E-state index in [0.29, 0.717) is 24.9 Å². The third kappa shape index (κ3) is 6.07. The molecule has 2 aromatic carbocycles. The molecule has 3 rings (SSSR count). The Morgan fingerprint density at radius 2 is 1.83 bits per heavy atom. The normalized spacial score (nSPS) is 14.2. The molecule has 1 aliphatic rings. The summed E-state index contributed by atoms with van der Waals surface area (Å²) < 4.78 is 5.32. The fraction of sp³-hybridized carbons (Fsp3) is 0.348. The number of benzene rings is 2. The Labute approximate surface area is 176 Å². The van der Waals surface area contributed by atoms with Crippen molar-refractivity contribution in [2.24, 2.45) is 0 Å². The van der Waals surface area contributed by atoms with Gasteiger partial charge in [0.25, 0.3) is 0 Å². The number of alkyl carbamates (subject to hydrolysis) is 1. The first-order valence-electron chi connectivity index (χ1n) is 9.97. The highest BCUT2D eigenvalue weighted by molar-refractivity contribution is 5.98. The molecule has 0 fully saturated rings. The van der Waals surface area contributed by atoms with Gasteiger partial charge < -0.3 is 20.7 Å². The van der Waals surface area contributed by atoms with Crippen molar-refractivity contribution in [2.75, 3.05) is 10.6 Å². The van der Waals surface area contributed by atoms with Crippen molar-refractivity contribution in [1.82, 2.24) is 5.32 Å². The topological polar surface area (TPSA) is 96.5 Å². The molecule has 0 radical (unpaired) electrons. The molecule has 0 aliphatic carbocycles. The molecule has 30 heavy (non-hydrogen) atoms. The van der Waals surface area contributed by atoms with Crippen molar-refractivity contribution in [3.8, 4) is 0 Å². The number of rotatable bonds is 5. The molecule has 7 heteroatoms. The van der Waals surface area contributed by atoms with Crippen LogP contribution in [0.15, 0.2) is 48.5 Å². The number of anilines is 2. The molecule has 158 valence electrons. The number of amides is 3. The van der Waals surface area contributed by atoms with Crippen LogP contribution >= 0.6 is 0 Å². The largest absolute Gasteiger partial charge is 0.444 e. The fourth-order valence-corrected chi connectivity index (χ4v) is 3.20. The molecule has 1 atom stereocenters. The van der Waals surface area contributed by atoms with Gasteiger partial charge in [0.2, 0.25) is 11.8 Å². The molecule has 2 aromatic rings. The van der Waals surface area contributed by atoms with E-state index in [2.05, 4.69) is 16.0 Å². The Morgan fingerprint density at radius 3 is 2.53 bits per heavy atom. The van der Waals surface area contributed by atoms with Gasteiger partial charge in [-0.2, -0.15) is 0 Å². The molecule has 1 aliphatic heterocycles. The average Bonchev–Trinajstić information content (AvgIpc) is 2.67. The van der Waals surface area contributed by atoms with Gasteiger partial charge >= 0.3 is 6.09 Å². The molecule has 0 aromatic heterocycles. The zero-order valence-corrected chi connectivity index (χ0v) is 17.5. The number of ether oxygens (including phenoxy) is 1. The predicted molar refractivity (Wildman–Crippen MR) is 115 cm³/mol. The highest BCUT2D eigenvalue weighted by atomic mass is 16.6. The summed E-state index contributed by atoms with van der Waals surface area (Å²) in [5.74, 6) is -0.353.